The van der Waals surface area contributed by atoms with Crippen LogP contribution in [0.3, 0.4) is 0 Å². The van der Waals surface area contributed by atoms with Crippen LogP contribution in [-0.2, 0) is 21.7 Å². The summed E-state index contributed by atoms with van der Waals surface area (Å²) in [5.74, 6) is 0. The third-order valence-corrected chi connectivity index (χ3v) is 25.3. The van der Waals surface area contributed by atoms with E-state index >= 15 is 0 Å². The van der Waals surface area contributed by atoms with Gasteiger partial charge < -0.3 is 19.8 Å². The van der Waals surface area contributed by atoms with Crippen LogP contribution >= 0.6 is 0 Å². The second-order valence-corrected chi connectivity index (χ2v) is 25.7. The maximum atomic E-state index is 12.0. The molecule has 4 N–H and O–H groups in total. The van der Waals surface area contributed by atoms with Crippen molar-refractivity contribution < 1.29 is 41.5 Å². The molecule has 0 spiro atoms. The molecule has 0 radical (unpaired) electrons. The summed E-state index contributed by atoms with van der Waals surface area (Å²) in [7, 11) is -4.09. The minimum Gasteiger partial charge on any atom is -0.431 e. The van der Waals surface area contributed by atoms with Crippen molar-refractivity contribution in [1.82, 2.24) is 0 Å². The zero-order valence-corrected chi connectivity index (χ0v) is 36.4. The molecule has 0 bridgehead atoms. The molecule has 0 unspecified atom stereocenters. The Morgan fingerprint density at radius 3 is 0.551 bits per heavy atom. The molecule has 7 heteroatoms. The van der Waals surface area contributed by atoms with Gasteiger partial charge in [-0.15, -0.1) is 0 Å². The van der Waals surface area contributed by atoms with Gasteiger partial charge in [-0.3, -0.25) is 0 Å². The van der Waals surface area contributed by atoms with Gasteiger partial charge in [0.1, 0.15) is 0 Å². The molecule has 4 nitrogen and oxygen atoms in total. The first-order valence-electron chi connectivity index (χ1n) is 22.1. The van der Waals surface area contributed by atoms with E-state index in [0.717, 1.165) is 46.1 Å². The SMILES string of the molecule is CCCO.CCCO.O[Si](C1CCCCC1)(C1CCCCC1)C1CCCCC1.O[Si](C1CCCCC1)(C1CCCCC1)C1CCCCC1.[Ti]. The fraction of sp³-hybridized carbons (Fsp3) is 1.00. The smallest absolute Gasteiger partial charge is 0.197 e. The van der Waals surface area contributed by atoms with Crippen LogP contribution in [0.5, 0.6) is 0 Å². The summed E-state index contributed by atoms with van der Waals surface area (Å²) in [5, 5.41) is 15.8. The van der Waals surface area contributed by atoms with E-state index in [1.165, 1.54) is 193 Å². The Hall–Kier alpha value is 0.988. The summed E-state index contributed by atoms with van der Waals surface area (Å²) < 4.78 is 0. The number of aliphatic hydroxyl groups is 2. The minimum atomic E-state index is -2.05. The van der Waals surface area contributed by atoms with Crippen molar-refractivity contribution in [3.8, 4) is 0 Å². The summed E-state index contributed by atoms with van der Waals surface area (Å²) >= 11 is 0. The van der Waals surface area contributed by atoms with Crippen LogP contribution < -0.4 is 0 Å². The summed E-state index contributed by atoms with van der Waals surface area (Å²) in [6, 6.07) is 0. The van der Waals surface area contributed by atoms with Crippen LogP contribution in [0.4, 0.5) is 0 Å². The third-order valence-electron chi connectivity index (χ3n) is 14.0. The van der Waals surface area contributed by atoms with Gasteiger partial charge >= 0.3 is 0 Å². The second kappa shape index (κ2) is 26.7. The van der Waals surface area contributed by atoms with Gasteiger partial charge in [0, 0.05) is 34.9 Å². The molecule has 49 heavy (non-hydrogen) atoms. The summed E-state index contributed by atoms with van der Waals surface area (Å²) in [4.78, 5) is 24.0. The topological polar surface area (TPSA) is 80.9 Å². The van der Waals surface area contributed by atoms with Gasteiger partial charge in [-0.2, -0.15) is 0 Å². The zero-order valence-electron chi connectivity index (χ0n) is 32.8. The van der Waals surface area contributed by atoms with Crippen LogP contribution in [0, 0.1) is 0 Å². The van der Waals surface area contributed by atoms with Gasteiger partial charge in [0.15, 0.2) is 16.6 Å². The fourth-order valence-electron chi connectivity index (χ4n) is 11.4. The molecule has 0 atom stereocenters. The largest absolute Gasteiger partial charge is 0.431 e. The first-order chi connectivity index (χ1) is 23.5. The Morgan fingerprint density at radius 1 is 0.327 bits per heavy atom. The van der Waals surface area contributed by atoms with E-state index in [2.05, 4.69) is 0 Å². The van der Waals surface area contributed by atoms with Crippen LogP contribution in [0.15, 0.2) is 0 Å². The molecule has 6 aliphatic rings. The first-order valence-corrected chi connectivity index (χ1v) is 26.5. The van der Waals surface area contributed by atoms with Crippen molar-refractivity contribution in [1.29, 1.82) is 0 Å². The fourth-order valence-corrected chi connectivity index (χ4v) is 23.4. The van der Waals surface area contributed by atoms with Crippen molar-refractivity contribution in [2.45, 2.75) is 253 Å². The molecule has 0 aliphatic heterocycles. The van der Waals surface area contributed by atoms with E-state index < -0.39 is 16.6 Å². The molecule has 0 aromatic heterocycles. The van der Waals surface area contributed by atoms with Gasteiger partial charge in [0.2, 0.25) is 0 Å². The molecule has 0 aromatic rings. The maximum Gasteiger partial charge on any atom is 0.197 e. The van der Waals surface area contributed by atoms with Gasteiger partial charge in [-0.25, -0.2) is 0 Å². The van der Waals surface area contributed by atoms with E-state index in [4.69, 9.17) is 10.2 Å². The Labute approximate surface area is 322 Å². The van der Waals surface area contributed by atoms with Crippen LogP contribution in [0.1, 0.15) is 219 Å². The summed E-state index contributed by atoms with van der Waals surface area (Å²) in [5.41, 5.74) is 4.60. The average molecular weight is 757 g/mol. The van der Waals surface area contributed by atoms with Gasteiger partial charge in [-0.1, -0.05) is 206 Å². The third kappa shape index (κ3) is 14.3. The standard InChI is InChI=1S/2C18H34OSi.2C3H8O.Ti/c2*19-20(16-10-4-1-5-11-16,17-12-6-2-7-13-17)18-14-8-3-9-15-18;2*1-2-3-4;/h2*16-19H,1-15H2;2*4H,2-3H2,1H3;. The second-order valence-electron chi connectivity index (χ2n) is 17.2. The maximum absolute atomic E-state index is 12.0. The zero-order chi connectivity index (χ0) is 34.5. The molecule has 6 rings (SSSR count). The number of aliphatic hydroxyl groups excluding tert-OH is 2. The Morgan fingerprint density at radius 2 is 0.449 bits per heavy atom. The van der Waals surface area contributed by atoms with Crippen molar-refractivity contribution in [3.05, 3.63) is 0 Å². The normalized spacial score (nSPS) is 24.6. The van der Waals surface area contributed by atoms with E-state index in [1.54, 1.807) is 0 Å². The molecule has 0 saturated heterocycles. The molecular formula is C42H84O4Si2Ti. The number of hydrogen-bond donors (Lipinski definition) is 4. The Bertz CT molecular complexity index is 608. The predicted octanol–water partition coefficient (Wildman–Crippen LogP) is 12.6. The van der Waals surface area contributed by atoms with E-state index in [0.29, 0.717) is 13.2 Å². The number of rotatable bonds is 8. The van der Waals surface area contributed by atoms with Gasteiger partial charge in [0.25, 0.3) is 0 Å². The summed E-state index contributed by atoms with van der Waals surface area (Å²) in [6.07, 6.45) is 43.6. The van der Waals surface area contributed by atoms with Gasteiger partial charge in [0.05, 0.1) is 0 Å². The monoisotopic (exact) mass is 757 g/mol. The van der Waals surface area contributed by atoms with Crippen LogP contribution in [-0.4, -0.2) is 49.7 Å². The average Bonchev–Trinajstić information content (AvgIpc) is 3.19. The minimum absolute atomic E-state index is 0. The molecule has 288 valence electrons. The van der Waals surface area contributed by atoms with Crippen molar-refractivity contribution >= 4 is 16.6 Å². The number of hydrogen-bond acceptors (Lipinski definition) is 4. The molecular weight excluding hydrogens is 672 g/mol. The van der Waals surface area contributed by atoms with Crippen LogP contribution in [0.2, 0.25) is 33.2 Å². The quantitative estimate of drug-likeness (QED) is 0.186. The van der Waals surface area contributed by atoms with Gasteiger partial charge in [-0.05, 0) is 46.1 Å². The van der Waals surface area contributed by atoms with Crippen molar-refractivity contribution in [3.63, 3.8) is 0 Å². The van der Waals surface area contributed by atoms with E-state index in [9.17, 15) is 9.59 Å². The predicted molar refractivity (Wildman–Crippen MR) is 212 cm³/mol. The molecule has 6 saturated carbocycles. The van der Waals surface area contributed by atoms with Crippen molar-refractivity contribution in [2.75, 3.05) is 13.2 Å². The van der Waals surface area contributed by atoms with E-state index in [-0.39, 0.29) is 21.7 Å². The molecule has 6 aliphatic carbocycles. The molecule has 0 heterocycles. The summed E-state index contributed by atoms with van der Waals surface area (Å²) in [6.45, 7) is 4.50. The Balaban J connectivity index is 0.000000275. The molecule has 0 aromatic carbocycles. The van der Waals surface area contributed by atoms with E-state index in [1.807, 2.05) is 13.8 Å². The van der Waals surface area contributed by atoms with Crippen LogP contribution in [0.25, 0.3) is 0 Å². The Kier molecular flexibility index (Phi) is 25.2. The molecule has 6 fully saturated rings. The molecule has 0 amide bonds. The van der Waals surface area contributed by atoms with Crippen molar-refractivity contribution in [2.24, 2.45) is 0 Å². The first kappa shape index (κ1) is 46.1.